The summed E-state index contributed by atoms with van der Waals surface area (Å²) in [5.74, 6) is 0.0762. The first kappa shape index (κ1) is 15.5. The van der Waals surface area contributed by atoms with Gasteiger partial charge >= 0.3 is 0 Å². The number of nitrogens with zero attached hydrogens (tertiary/aromatic N) is 4. The van der Waals surface area contributed by atoms with Gasteiger partial charge in [-0.1, -0.05) is 5.21 Å². The van der Waals surface area contributed by atoms with E-state index in [0.29, 0.717) is 12.1 Å². The van der Waals surface area contributed by atoms with Crippen LogP contribution in [0.2, 0.25) is 0 Å². The molecule has 1 saturated carbocycles. The van der Waals surface area contributed by atoms with Crippen molar-refractivity contribution in [2.45, 2.75) is 58.2 Å². The molecule has 0 bridgehead atoms. The van der Waals surface area contributed by atoms with Gasteiger partial charge in [-0.2, -0.15) is 0 Å². The fraction of sp³-hybridized carbons (Fsp3) is 0.786. The molecule has 122 valence electrons. The SMILES string of the molecule is Cc1c(C(=O)N(C2CC2)C2CCS(=O)(=O)C2)nnn1C(C)C. The van der Waals surface area contributed by atoms with Crippen LogP contribution < -0.4 is 0 Å². The van der Waals surface area contributed by atoms with Gasteiger partial charge in [-0.25, -0.2) is 13.1 Å². The van der Waals surface area contributed by atoms with Gasteiger partial charge in [-0.3, -0.25) is 4.79 Å². The van der Waals surface area contributed by atoms with E-state index in [-0.39, 0.29) is 35.5 Å². The third-order valence-electron chi connectivity index (χ3n) is 4.40. The molecule has 2 heterocycles. The van der Waals surface area contributed by atoms with Crippen LogP contribution in [0, 0.1) is 6.92 Å². The summed E-state index contributed by atoms with van der Waals surface area (Å²) in [6.07, 6.45) is 2.42. The molecule has 1 aromatic rings. The molecule has 1 atom stereocenters. The second kappa shape index (κ2) is 5.33. The van der Waals surface area contributed by atoms with E-state index in [2.05, 4.69) is 10.3 Å². The molecule has 2 aliphatic rings. The van der Waals surface area contributed by atoms with Crippen LogP contribution in [0.25, 0.3) is 0 Å². The second-order valence-electron chi connectivity index (χ2n) is 6.56. The van der Waals surface area contributed by atoms with Crippen LogP contribution in [0.15, 0.2) is 0 Å². The number of sulfone groups is 1. The summed E-state index contributed by atoms with van der Waals surface area (Å²) in [4.78, 5) is 14.7. The van der Waals surface area contributed by atoms with Gasteiger partial charge in [0.05, 0.1) is 17.2 Å². The lowest BCUT2D eigenvalue weighted by Gasteiger charge is -2.27. The lowest BCUT2D eigenvalue weighted by Crippen LogP contribution is -2.43. The maximum absolute atomic E-state index is 12.9. The van der Waals surface area contributed by atoms with Crippen LogP contribution >= 0.6 is 0 Å². The first-order valence-electron chi connectivity index (χ1n) is 7.75. The van der Waals surface area contributed by atoms with E-state index in [0.717, 1.165) is 18.5 Å². The highest BCUT2D eigenvalue weighted by atomic mass is 32.2. The molecule has 1 unspecified atom stereocenters. The fourth-order valence-corrected chi connectivity index (χ4v) is 4.84. The van der Waals surface area contributed by atoms with E-state index in [1.54, 1.807) is 9.58 Å². The summed E-state index contributed by atoms with van der Waals surface area (Å²) in [5.41, 5.74) is 1.09. The number of rotatable bonds is 4. The minimum atomic E-state index is -3.02. The van der Waals surface area contributed by atoms with E-state index in [1.807, 2.05) is 20.8 Å². The Kier molecular flexibility index (Phi) is 3.74. The number of carbonyl (C=O) groups is 1. The molecule has 0 aromatic carbocycles. The maximum atomic E-state index is 12.9. The normalized spacial score (nSPS) is 23.9. The molecule has 1 aliphatic carbocycles. The molecule has 1 aromatic heterocycles. The van der Waals surface area contributed by atoms with Crippen LogP contribution in [-0.4, -0.2) is 57.8 Å². The molecular weight excluding hydrogens is 304 g/mol. The quantitative estimate of drug-likeness (QED) is 0.822. The molecule has 22 heavy (non-hydrogen) atoms. The van der Waals surface area contributed by atoms with Crippen molar-refractivity contribution in [2.24, 2.45) is 0 Å². The predicted octanol–water partition coefficient (Wildman–Crippen LogP) is 0.959. The molecule has 2 fully saturated rings. The highest BCUT2D eigenvalue weighted by Crippen LogP contribution is 2.33. The number of aromatic nitrogens is 3. The molecule has 1 aliphatic heterocycles. The first-order valence-corrected chi connectivity index (χ1v) is 9.57. The minimum absolute atomic E-state index is 0.0760. The van der Waals surface area contributed by atoms with Gasteiger partial charge in [0.1, 0.15) is 0 Å². The van der Waals surface area contributed by atoms with Gasteiger partial charge in [0.2, 0.25) is 0 Å². The lowest BCUT2D eigenvalue weighted by molar-refractivity contribution is 0.0673. The standard InChI is InChI=1S/C14H22N4O3S/c1-9(2)18-10(3)13(15-16-18)14(19)17(11-4-5-11)12-6-7-22(20,21)8-12/h9,11-12H,4-8H2,1-3H3. The Hall–Kier alpha value is -1.44. The summed E-state index contributed by atoms with van der Waals surface area (Å²) >= 11 is 0. The molecule has 3 rings (SSSR count). The Labute approximate surface area is 130 Å². The Bertz CT molecular complexity index is 691. The van der Waals surface area contributed by atoms with Crippen LogP contribution in [0.5, 0.6) is 0 Å². The van der Waals surface area contributed by atoms with E-state index in [9.17, 15) is 13.2 Å². The minimum Gasteiger partial charge on any atom is -0.330 e. The smallest absolute Gasteiger partial charge is 0.276 e. The van der Waals surface area contributed by atoms with Crippen molar-refractivity contribution >= 4 is 15.7 Å². The highest BCUT2D eigenvalue weighted by molar-refractivity contribution is 7.91. The van der Waals surface area contributed by atoms with Gasteiger partial charge in [0.15, 0.2) is 15.5 Å². The van der Waals surface area contributed by atoms with Crippen LogP contribution in [0.1, 0.15) is 55.3 Å². The summed E-state index contributed by atoms with van der Waals surface area (Å²) in [6, 6.07) is 0.0817. The number of hydrogen-bond donors (Lipinski definition) is 0. The van der Waals surface area contributed by atoms with Gasteiger partial charge in [0.25, 0.3) is 5.91 Å². The van der Waals surface area contributed by atoms with E-state index >= 15 is 0 Å². The Morgan fingerprint density at radius 2 is 1.95 bits per heavy atom. The van der Waals surface area contributed by atoms with Crippen molar-refractivity contribution in [3.8, 4) is 0 Å². The third kappa shape index (κ3) is 2.76. The fourth-order valence-electron chi connectivity index (χ4n) is 3.13. The Balaban J connectivity index is 1.88. The molecule has 0 spiro atoms. The topological polar surface area (TPSA) is 85.2 Å². The van der Waals surface area contributed by atoms with E-state index in [1.165, 1.54) is 0 Å². The van der Waals surface area contributed by atoms with Crippen LogP contribution in [0.4, 0.5) is 0 Å². The second-order valence-corrected chi connectivity index (χ2v) is 8.79. The monoisotopic (exact) mass is 326 g/mol. The average molecular weight is 326 g/mol. The third-order valence-corrected chi connectivity index (χ3v) is 6.15. The van der Waals surface area contributed by atoms with E-state index in [4.69, 9.17) is 0 Å². The molecule has 0 N–H and O–H groups in total. The molecule has 1 amide bonds. The first-order chi connectivity index (χ1) is 10.3. The number of hydrogen-bond acceptors (Lipinski definition) is 5. The maximum Gasteiger partial charge on any atom is 0.276 e. The Morgan fingerprint density at radius 1 is 1.27 bits per heavy atom. The Morgan fingerprint density at radius 3 is 2.41 bits per heavy atom. The van der Waals surface area contributed by atoms with Gasteiger partial charge < -0.3 is 4.90 Å². The van der Waals surface area contributed by atoms with Gasteiger partial charge in [0, 0.05) is 18.1 Å². The lowest BCUT2D eigenvalue weighted by atomic mass is 10.2. The van der Waals surface area contributed by atoms with Gasteiger partial charge in [-0.05, 0) is 40.0 Å². The molecular formula is C14H22N4O3S. The molecule has 1 saturated heterocycles. The van der Waals surface area contributed by atoms with Gasteiger partial charge in [-0.15, -0.1) is 5.10 Å². The van der Waals surface area contributed by atoms with Crippen molar-refractivity contribution in [3.05, 3.63) is 11.4 Å². The number of amides is 1. The summed E-state index contributed by atoms with van der Waals surface area (Å²) in [6.45, 7) is 5.81. The zero-order chi connectivity index (χ0) is 16.1. The largest absolute Gasteiger partial charge is 0.330 e. The highest BCUT2D eigenvalue weighted by Gasteiger charge is 2.43. The average Bonchev–Trinajstić information content (AvgIpc) is 3.07. The molecule has 8 heteroatoms. The van der Waals surface area contributed by atoms with Crippen molar-refractivity contribution in [1.29, 1.82) is 0 Å². The zero-order valence-electron chi connectivity index (χ0n) is 13.2. The predicted molar refractivity (Wildman–Crippen MR) is 81.4 cm³/mol. The van der Waals surface area contributed by atoms with E-state index < -0.39 is 9.84 Å². The molecule has 7 nitrogen and oxygen atoms in total. The van der Waals surface area contributed by atoms with Crippen molar-refractivity contribution < 1.29 is 13.2 Å². The molecule has 0 radical (unpaired) electrons. The van der Waals surface area contributed by atoms with Crippen molar-refractivity contribution in [2.75, 3.05) is 11.5 Å². The van der Waals surface area contributed by atoms with Crippen LogP contribution in [-0.2, 0) is 9.84 Å². The van der Waals surface area contributed by atoms with Crippen molar-refractivity contribution in [3.63, 3.8) is 0 Å². The summed E-state index contributed by atoms with van der Waals surface area (Å²) in [7, 11) is -3.02. The van der Waals surface area contributed by atoms with Crippen LogP contribution in [0.3, 0.4) is 0 Å². The summed E-state index contributed by atoms with van der Waals surface area (Å²) < 4.78 is 25.2. The van der Waals surface area contributed by atoms with Crippen molar-refractivity contribution in [1.82, 2.24) is 19.9 Å². The summed E-state index contributed by atoms with van der Waals surface area (Å²) in [5, 5.41) is 8.10. The zero-order valence-corrected chi connectivity index (χ0v) is 14.0. The number of carbonyl (C=O) groups excluding carboxylic acids is 1.